The summed E-state index contributed by atoms with van der Waals surface area (Å²) in [6, 6.07) is 7.39. The summed E-state index contributed by atoms with van der Waals surface area (Å²) < 4.78 is 16.2. The van der Waals surface area contributed by atoms with Gasteiger partial charge in [-0.2, -0.15) is 0 Å². The zero-order valence-electron chi connectivity index (χ0n) is 20.2. The van der Waals surface area contributed by atoms with Crippen molar-refractivity contribution in [3.8, 4) is 5.75 Å². The molecule has 0 fully saturated rings. The largest absolute Gasteiger partial charge is 0.494 e. The number of carbonyl (C=O) groups excluding carboxylic acids is 3. The van der Waals surface area contributed by atoms with E-state index in [1.54, 1.807) is 13.8 Å². The molecule has 3 atom stereocenters. The Balaban J connectivity index is 2.12. The summed E-state index contributed by atoms with van der Waals surface area (Å²) in [6.45, 7) is 9.87. The molecule has 1 aromatic rings. The van der Waals surface area contributed by atoms with E-state index in [1.165, 1.54) is 7.11 Å². The topological polar surface area (TPSA) is 90.9 Å². The fourth-order valence-corrected chi connectivity index (χ4v) is 4.54. The zero-order chi connectivity index (χ0) is 24.3. The lowest BCUT2D eigenvalue weighted by Crippen LogP contribution is -2.43. The van der Waals surface area contributed by atoms with Crippen molar-refractivity contribution in [3.63, 3.8) is 0 Å². The van der Waals surface area contributed by atoms with Crippen molar-refractivity contribution >= 4 is 17.7 Å². The zero-order valence-corrected chi connectivity index (χ0v) is 20.2. The van der Waals surface area contributed by atoms with Gasteiger partial charge >= 0.3 is 11.9 Å². The number of dihydropyridines is 1. The van der Waals surface area contributed by atoms with Crippen LogP contribution in [0.3, 0.4) is 0 Å². The van der Waals surface area contributed by atoms with Crippen LogP contribution in [0.4, 0.5) is 0 Å². The Bertz CT molecular complexity index is 989. The molecule has 0 unspecified atom stereocenters. The molecule has 1 aromatic carbocycles. The van der Waals surface area contributed by atoms with Gasteiger partial charge in [-0.15, -0.1) is 0 Å². The number of Topliss-reactive ketones (excluding diaryl/α,β-unsaturated/α-hetero) is 1. The third-order valence-electron chi connectivity index (χ3n) is 5.99. The molecular weight excluding hydrogens is 422 g/mol. The molecule has 0 bridgehead atoms. The molecule has 1 aliphatic heterocycles. The van der Waals surface area contributed by atoms with Crippen molar-refractivity contribution in [2.24, 2.45) is 11.8 Å². The summed E-state index contributed by atoms with van der Waals surface area (Å²) in [4.78, 5) is 39.3. The molecule has 7 heteroatoms. The van der Waals surface area contributed by atoms with Crippen LogP contribution < -0.4 is 10.1 Å². The Labute approximate surface area is 195 Å². The standard InChI is InChI=1S/C26H33NO6/c1-7-12-32-18-10-8-17(9-11-18)22-21(26(30)33-14(2)3)16(5)27-19-13-15(4)20(25(29)31-6)24(28)23(19)22/h8-11,14-15,20,22,27H,7,12-13H2,1-6H3/t15-,20-,22-/m0/s1. The normalized spacial score (nSPS) is 22.6. The van der Waals surface area contributed by atoms with Gasteiger partial charge in [-0.05, 0) is 57.2 Å². The molecule has 0 saturated heterocycles. The number of hydrogen-bond acceptors (Lipinski definition) is 7. The third kappa shape index (κ3) is 4.97. The van der Waals surface area contributed by atoms with Crippen LogP contribution in [0.1, 0.15) is 58.9 Å². The van der Waals surface area contributed by atoms with E-state index in [-0.39, 0.29) is 17.8 Å². The van der Waals surface area contributed by atoms with Crippen LogP contribution in [-0.2, 0) is 23.9 Å². The highest BCUT2D eigenvalue weighted by molar-refractivity contribution is 6.12. The molecule has 33 heavy (non-hydrogen) atoms. The van der Waals surface area contributed by atoms with Crippen LogP contribution in [0.2, 0.25) is 0 Å². The maximum Gasteiger partial charge on any atom is 0.337 e. The molecular formula is C26H33NO6. The van der Waals surface area contributed by atoms with E-state index in [2.05, 4.69) is 5.32 Å². The van der Waals surface area contributed by atoms with E-state index in [9.17, 15) is 14.4 Å². The molecule has 0 spiro atoms. The van der Waals surface area contributed by atoms with Gasteiger partial charge < -0.3 is 19.5 Å². The average molecular weight is 456 g/mol. The van der Waals surface area contributed by atoms with Gasteiger partial charge in [0.05, 0.1) is 25.4 Å². The Morgan fingerprint density at radius 3 is 2.42 bits per heavy atom. The number of hydrogen-bond donors (Lipinski definition) is 1. The number of rotatable bonds is 7. The first-order chi connectivity index (χ1) is 15.7. The van der Waals surface area contributed by atoms with Crippen molar-refractivity contribution in [3.05, 3.63) is 52.4 Å². The number of methoxy groups -OCH3 is 1. The Kier molecular flexibility index (Phi) is 7.61. The number of ketones is 1. The van der Waals surface area contributed by atoms with Gasteiger partial charge in [-0.25, -0.2) is 4.79 Å². The smallest absolute Gasteiger partial charge is 0.337 e. The molecule has 178 valence electrons. The number of nitrogens with one attached hydrogen (secondary N) is 1. The maximum atomic E-state index is 13.7. The summed E-state index contributed by atoms with van der Waals surface area (Å²) >= 11 is 0. The first kappa shape index (κ1) is 24.6. The second kappa shape index (κ2) is 10.2. The fraction of sp³-hybridized carbons (Fsp3) is 0.500. The van der Waals surface area contributed by atoms with Crippen molar-refractivity contribution in [2.45, 2.75) is 59.5 Å². The van der Waals surface area contributed by atoms with E-state index >= 15 is 0 Å². The SMILES string of the molecule is CCCOc1ccc([C@H]2C(C(=O)OC(C)C)=C(C)NC3=C2C(=O)[C@@H](C(=O)OC)[C@@H](C)C3)cc1. The van der Waals surface area contributed by atoms with Gasteiger partial charge in [-0.1, -0.05) is 26.0 Å². The van der Waals surface area contributed by atoms with Crippen molar-refractivity contribution < 1.29 is 28.6 Å². The van der Waals surface area contributed by atoms with Crippen LogP contribution in [0.15, 0.2) is 46.8 Å². The maximum absolute atomic E-state index is 13.7. The first-order valence-electron chi connectivity index (χ1n) is 11.5. The lowest BCUT2D eigenvalue weighted by atomic mass is 9.69. The molecule has 2 aliphatic rings. The Morgan fingerprint density at radius 1 is 1.18 bits per heavy atom. The van der Waals surface area contributed by atoms with Crippen molar-refractivity contribution in [2.75, 3.05) is 13.7 Å². The average Bonchev–Trinajstić information content (AvgIpc) is 2.76. The summed E-state index contributed by atoms with van der Waals surface area (Å²) in [5, 5.41) is 3.26. The Hall–Kier alpha value is -3.09. The third-order valence-corrected chi connectivity index (χ3v) is 5.99. The highest BCUT2D eigenvalue weighted by atomic mass is 16.5. The summed E-state index contributed by atoms with van der Waals surface area (Å²) in [5.74, 6) is -2.43. The van der Waals surface area contributed by atoms with Gasteiger partial charge in [0.1, 0.15) is 11.7 Å². The molecule has 0 saturated carbocycles. The summed E-state index contributed by atoms with van der Waals surface area (Å²) in [7, 11) is 1.29. The fourth-order valence-electron chi connectivity index (χ4n) is 4.54. The molecule has 7 nitrogen and oxygen atoms in total. The number of ether oxygens (including phenoxy) is 3. The van der Waals surface area contributed by atoms with Gasteiger partial charge in [0.25, 0.3) is 0 Å². The minimum Gasteiger partial charge on any atom is -0.494 e. The van der Waals surface area contributed by atoms with E-state index in [0.717, 1.165) is 17.7 Å². The molecule has 1 N–H and O–H groups in total. The number of benzene rings is 1. The van der Waals surface area contributed by atoms with Crippen LogP contribution >= 0.6 is 0 Å². The van der Waals surface area contributed by atoms with Gasteiger partial charge in [0.15, 0.2) is 5.78 Å². The predicted molar refractivity (Wildman–Crippen MR) is 123 cm³/mol. The molecule has 3 rings (SSSR count). The molecule has 1 aliphatic carbocycles. The van der Waals surface area contributed by atoms with Crippen LogP contribution in [-0.4, -0.2) is 37.5 Å². The minimum atomic E-state index is -0.911. The van der Waals surface area contributed by atoms with Crippen LogP contribution in [0.5, 0.6) is 5.75 Å². The minimum absolute atomic E-state index is 0.223. The molecule has 0 radical (unpaired) electrons. The number of carbonyl (C=O) groups is 3. The van der Waals surface area contributed by atoms with E-state index in [1.807, 2.05) is 45.0 Å². The van der Waals surface area contributed by atoms with Crippen molar-refractivity contribution in [1.29, 1.82) is 0 Å². The molecule has 0 amide bonds. The second-order valence-corrected chi connectivity index (χ2v) is 8.91. The molecule has 1 heterocycles. The summed E-state index contributed by atoms with van der Waals surface area (Å²) in [6.07, 6.45) is 1.07. The van der Waals surface area contributed by atoms with E-state index in [0.29, 0.717) is 35.6 Å². The van der Waals surface area contributed by atoms with Gasteiger partial charge in [0, 0.05) is 22.9 Å². The van der Waals surface area contributed by atoms with Crippen LogP contribution in [0, 0.1) is 11.8 Å². The highest BCUT2D eigenvalue weighted by Crippen LogP contribution is 2.45. The number of esters is 2. The lowest BCUT2D eigenvalue weighted by molar-refractivity contribution is -0.151. The second-order valence-electron chi connectivity index (χ2n) is 8.91. The first-order valence-corrected chi connectivity index (χ1v) is 11.5. The molecule has 0 aromatic heterocycles. The van der Waals surface area contributed by atoms with Gasteiger partial charge in [0.2, 0.25) is 0 Å². The summed E-state index contributed by atoms with van der Waals surface area (Å²) in [5.41, 5.74) is 2.94. The van der Waals surface area contributed by atoms with Gasteiger partial charge in [-0.3, -0.25) is 9.59 Å². The Morgan fingerprint density at radius 2 is 1.85 bits per heavy atom. The van der Waals surface area contributed by atoms with E-state index < -0.39 is 23.8 Å². The quantitative estimate of drug-likeness (QED) is 0.490. The highest BCUT2D eigenvalue weighted by Gasteiger charge is 2.47. The van der Waals surface area contributed by atoms with Crippen molar-refractivity contribution in [1.82, 2.24) is 5.32 Å². The monoisotopic (exact) mass is 455 g/mol. The lowest BCUT2D eigenvalue weighted by Gasteiger charge is -2.38. The van der Waals surface area contributed by atoms with Crippen LogP contribution in [0.25, 0.3) is 0 Å². The van der Waals surface area contributed by atoms with E-state index in [4.69, 9.17) is 14.2 Å². The number of allylic oxidation sites excluding steroid dienone is 3. The predicted octanol–water partition coefficient (Wildman–Crippen LogP) is 4.04.